The second kappa shape index (κ2) is 9.62. The third-order valence-electron chi connectivity index (χ3n) is 5.49. The van der Waals surface area contributed by atoms with Crippen LogP contribution in [0, 0.1) is 6.92 Å². The molecule has 7 nitrogen and oxygen atoms in total. The third-order valence-corrected chi connectivity index (χ3v) is 5.98. The molecule has 1 amide bonds. The van der Waals surface area contributed by atoms with E-state index >= 15 is 0 Å². The first-order valence-corrected chi connectivity index (χ1v) is 11.2. The molecule has 0 radical (unpaired) electrons. The van der Waals surface area contributed by atoms with Crippen LogP contribution in [-0.2, 0) is 6.42 Å². The van der Waals surface area contributed by atoms with Crippen LogP contribution in [0.25, 0.3) is 11.4 Å². The van der Waals surface area contributed by atoms with Crippen LogP contribution in [0.3, 0.4) is 0 Å². The highest BCUT2D eigenvalue weighted by molar-refractivity contribution is 9.10. The van der Waals surface area contributed by atoms with Gasteiger partial charge in [0.25, 0.3) is 5.91 Å². The van der Waals surface area contributed by atoms with Crippen LogP contribution >= 0.6 is 15.9 Å². The van der Waals surface area contributed by atoms with Crippen molar-refractivity contribution in [2.45, 2.75) is 19.8 Å². The molecule has 2 heterocycles. The van der Waals surface area contributed by atoms with Crippen LogP contribution in [0.4, 0.5) is 0 Å². The van der Waals surface area contributed by atoms with Crippen LogP contribution < -0.4 is 0 Å². The van der Waals surface area contributed by atoms with Gasteiger partial charge < -0.3 is 14.5 Å². The minimum atomic E-state index is -0.132. The number of aromatic nitrogens is 2. The maximum atomic E-state index is 12.7. The maximum absolute atomic E-state index is 12.7. The minimum absolute atomic E-state index is 0.0141. The van der Waals surface area contributed by atoms with Crippen molar-refractivity contribution in [3.05, 3.63) is 64.0 Å². The SMILES string of the molecule is Cc1ccc(-c2noc(CCCN3CCN(C(=O)c4cc(Br)ccc4O)CC3)n2)cc1. The number of carbonyl (C=O) groups is 1. The minimum Gasteiger partial charge on any atom is -0.507 e. The molecule has 31 heavy (non-hydrogen) atoms. The number of carbonyl (C=O) groups excluding carboxylic acids is 1. The fourth-order valence-corrected chi connectivity index (χ4v) is 4.02. The van der Waals surface area contributed by atoms with E-state index in [1.807, 2.05) is 31.2 Å². The molecular weight excluding hydrogens is 460 g/mol. The summed E-state index contributed by atoms with van der Waals surface area (Å²) in [6.07, 6.45) is 1.64. The Morgan fingerprint density at radius 3 is 2.61 bits per heavy atom. The quantitative estimate of drug-likeness (QED) is 0.571. The van der Waals surface area contributed by atoms with E-state index in [4.69, 9.17) is 4.52 Å². The Hall–Kier alpha value is -2.71. The molecule has 0 aliphatic carbocycles. The highest BCUT2D eigenvalue weighted by atomic mass is 79.9. The van der Waals surface area contributed by atoms with Crippen LogP contribution in [0.5, 0.6) is 5.75 Å². The van der Waals surface area contributed by atoms with E-state index in [2.05, 4.69) is 31.0 Å². The van der Waals surface area contributed by atoms with Crippen molar-refractivity contribution in [1.82, 2.24) is 19.9 Å². The second-order valence-corrected chi connectivity index (χ2v) is 8.69. The van der Waals surface area contributed by atoms with Crippen LogP contribution in [0.2, 0.25) is 0 Å². The lowest BCUT2D eigenvalue weighted by atomic mass is 10.1. The van der Waals surface area contributed by atoms with Gasteiger partial charge in [-0.3, -0.25) is 9.69 Å². The topological polar surface area (TPSA) is 82.7 Å². The summed E-state index contributed by atoms with van der Waals surface area (Å²) in [5.41, 5.74) is 2.49. The Morgan fingerprint density at radius 1 is 1.13 bits per heavy atom. The molecule has 0 bridgehead atoms. The number of halogens is 1. The molecule has 0 atom stereocenters. The summed E-state index contributed by atoms with van der Waals surface area (Å²) in [6.45, 7) is 5.85. The summed E-state index contributed by atoms with van der Waals surface area (Å²) in [5, 5.41) is 14.1. The number of aryl methyl sites for hydroxylation is 2. The van der Waals surface area contributed by atoms with Crippen molar-refractivity contribution in [2.75, 3.05) is 32.7 Å². The Labute approximate surface area is 189 Å². The lowest BCUT2D eigenvalue weighted by Crippen LogP contribution is -2.48. The van der Waals surface area contributed by atoms with E-state index in [0.717, 1.165) is 42.5 Å². The zero-order chi connectivity index (χ0) is 21.8. The number of amides is 1. The number of phenolic OH excluding ortho intramolecular Hbond substituents is 1. The van der Waals surface area contributed by atoms with Gasteiger partial charge in [-0.2, -0.15) is 4.98 Å². The van der Waals surface area contributed by atoms with Crippen LogP contribution in [0.15, 0.2) is 51.5 Å². The number of piperazine rings is 1. The Kier molecular flexibility index (Phi) is 6.67. The molecule has 0 saturated carbocycles. The number of nitrogens with zero attached hydrogens (tertiary/aromatic N) is 4. The number of benzene rings is 2. The lowest BCUT2D eigenvalue weighted by molar-refractivity contribution is 0.0632. The van der Waals surface area contributed by atoms with Gasteiger partial charge >= 0.3 is 0 Å². The van der Waals surface area contributed by atoms with Crippen molar-refractivity contribution in [3.8, 4) is 17.1 Å². The van der Waals surface area contributed by atoms with Gasteiger partial charge in [0.05, 0.1) is 5.56 Å². The average molecular weight is 485 g/mol. The number of aromatic hydroxyl groups is 1. The summed E-state index contributed by atoms with van der Waals surface area (Å²) < 4.78 is 6.17. The van der Waals surface area contributed by atoms with E-state index in [0.29, 0.717) is 30.4 Å². The molecule has 8 heteroatoms. The molecule has 162 valence electrons. The number of hydrogen-bond acceptors (Lipinski definition) is 6. The first-order valence-electron chi connectivity index (χ1n) is 10.4. The van der Waals surface area contributed by atoms with Gasteiger partial charge in [0.1, 0.15) is 5.75 Å². The molecule has 1 saturated heterocycles. The van der Waals surface area contributed by atoms with Gasteiger partial charge in [-0.15, -0.1) is 0 Å². The van der Waals surface area contributed by atoms with Gasteiger partial charge in [0, 0.05) is 42.6 Å². The summed E-state index contributed by atoms with van der Waals surface area (Å²) in [6, 6.07) is 13.0. The average Bonchev–Trinajstić information content (AvgIpc) is 3.25. The number of hydrogen-bond donors (Lipinski definition) is 1. The maximum Gasteiger partial charge on any atom is 0.257 e. The molecule has 1 N–H and O–H groups in total. The van der Waals surface area contributed by atoms with E-state index < -0.39 is 0 Å². The fourth-order valence-electron chi connectivity index (χ4n) is 3.65. The largest absolute Gasteiger partial charge is 0.507 e. The molecule has 4 rings (SSSR count). The fraction of sp³-hybridized carbons (Fsp3) is 0.348. The van der Waals surface area contributed by atoms with Crippen molar-refractivity contribution in [1.29, 1.82) is 0 Å². The predicted octanol–water partition coefficient (Wildman–Crippen LogP) is 3.90. The standard InChI is InChI=1S/C23H25BrN4O3/c1-16-4-6-17(7-5-16)22-25-21(31-26-22)3-2-10-27-11-13-28(14-12-27)23(30)19-15-18(24)8-9-20(19)29/h4-9,15,29H,2-3,10-14H2,1H3. The Balaban J connectivity index is 1.23. The molecular formula is C23H25BrN4O3. The predicted molar refractivity (Wildman–Crippen MR) is 121 cm³/mol. The molecule has 2 aromatic carbocycles. The van der Waals surface area contributed by atoms with Gasteiger partial charge in [0.2, 0.25) is 11.7 Å². The first-order chi connectivity index (χ1) is 15.0. The Bertz CT molecular complexity index is 1040. The van der Waals surface area contributed by atoms with E-state index in [9.17, 15) is 9.90 Å². The van der Waals surface area contributed by atoms with Crippen LogP contribution in [-0.4, -0.2) is 63.7 Å². The summed E-state index contributed by atoms with van der Waals surface area (Å²) in [4.78, 5) is 21.3. The smallest absolute Gasteiger partial charge is 0.257 e. The summed E-state index contributed by atoms with van der Waals surface area (Å²) in [5.74, 6) is 1.15. The summed E-state index contributed by atoms with van der Waals surface area (Å²) >= 11 is 3.36. The lowest BCUT2D eigenvalue weighted by Gasteiger charge is -2.34. The zero-order valence-corrected chi connectivity index (χ0v) is 19.0. The highest BCUT2D eigenvalue weighted by Crippen LogP contribution is 2.24. The first kappa shape index (κ1) is 21.5. The van der Waals surface area contributed by atoms with Crippen molar-refractivity contribution in [2.24, 2.45) is 0 Å². The van der Waals surface area contributed by atoms with Gasteiger partial charge in [-0.1, -0.05) is 50.9 Å². The molecule has 1 aromatic heterocycles. The van der Waals surface area contributed by atoms with Crippen molar-refractivity contribution >= 4 is 21.8 Å². The number of rotatable bonds is 6. The van der Waals surface area contributed by atoms with E-state index in [-0.39, 0.29) is 11.7 Å². The summed E-state index contributed by atoms with van der Waals surface area (Å²) in [7, 11) is 0. The molecule has 1 aliphatic rings. The molecule has 0 spiro atoms. The van der Waals surface area contributed by atoms with Crippen molar-refractivity contribution < 1.29 is 14.4 Å². The Morgan fingerprint density at radius 2 is 1.87 bits per heavy atom. The molecule has 1 fully saturated rings. The number of phenols is 1. The van der Waals surface area contributed by atoms with Crippen molar-refractivity contribution in [3.63, 3.8) is 0 Å². The molecule has 0 unspecified atom stereocenters. The van der Waals surface area contributed by atoms with Gasteiger partial charge in [0.15, 0.2) is 0 Å². The van der Waals surface area contributed by atoms with Gasteiger partial charge in [-0.05, 0) is 38.1 Å². The highest BCUT2D eigenvalue weighted by Gasteiger charge is 2.24. The normalized spacial score (nSPS) is 14.7. The van der Waals surface area contributed by atoms with E-state index in [1.165, 1.54) is 11.6 Å². The van der Waals surface area contributed by atoms with Gasteiger partial charge in [-0.25, -0.2) is 0 Å². The second-order valence-electron chi connectivity index (χ2n) is 7.78. The monoisotopic (exact) mass is 484 g/mol. The third kappa shape index (κ3) is 5.32. The molecule has 3 aromatic rings. The van der Waals surface area contributed by atoms with E-state index in [1.54, 1.807) is 17.0 Å². The molecule has 1 aliphatic heterocycles. The van der Waals surface area contributed by atoms with Crippen LogP contribution in [0.1, 0.15) is 28.2 Å². The zero-order valence-electron chi connectivity index (χ0n) is 17.4.